The Bertz CT molecular complexity index is 536. The Morgan fingerprint density at radius 1 is 1.06 bits per heavy atom. The Balaban J connectivity index is 2.31. The summed E-state index contributed by atoms with van der Waals surface area (Å²) in [5, 5.41) is 2.55. The normalized spacial score (nSPS) is 10.3. The van der Waals surface area contributed by atoms with Gasteiger partial charge in [-0.25, -0.2) is 18.2 Å². The first-order valence-corrected chi connectivity index (χ1v) is 4.55. The molecule has 0 fully saturated rings. The Morgan fingerprint density at radius 3 is 2.29 bits per heavy atom. The van der Waals surface area contributed by atoms with Gasteiger partial charge in [0.1, 0.15) is 5.82 Å². The van der Waals surface area contributed by atoms with Gasteiger partial charge >= 0.3 is 0 Å². The van der Waals surface area contributed by atoms with Gasteiger partial charge in [-0.15, -0.1) is 0 Å². The van der Waals surface area contributed by atoms with Crippen molar-refractivity contribution in [3.8, 4) is 0 Å². The average molecular weight is 240 g/mol. The van der Waals surface area contributed by atoms with Crippen LogP contribution in [0.1, 0.15) is 0 Å². The molecule has 17 heavy (non-hydrogen) atoms. The lowest BCUT2D eigenvalue weighted by atomic mass is 10.3. The van der Waals surface area contributed by atoms with Crippen molar-refractivity contribution in [2.24, 2.45) is 0 Å². The molecule has 88 valence electrons. The van der Waals surface area contributed by atoms with Crippen molar-refractivity contribution in [2.75, 3.05) is 11.1 Å². The quantitative estimate of drug-likeness (QED) is 0.790. The third kappa shape index (κ3) is 2.44. The van der Waals surface area contributed by atoms with E-state index in [-0.39, 0.29) is 17.3 Å². The molecule has 0 bridgehead atoms. The van der Waals surface area contributed by atoms with Crippen LogP contribution in [0.3, 0.4) is 0 Å². The monoisotopic (exact) mass is 240 g/mol. The molecule has 1 heterocycles. The summed E-state index contributed by atoms with van der Waals surface area (Å²) in [5.41, 5.74) is 5.39. The second-order valence-corrected chi connectivity index (χ2v) is 3.21. The van der Waals surface area contributed by atoms with E-state index in [4.69, 9.17) is 5.73 Å². The van der Waals surface area contributed by atoms with Crippen molar-refractivity contribution in [3.63, 3.8) is 0 Å². The zero-order valence-electron chi connectivity index (χ0n) is 8.42. The number of rotatable bonds is 2. The van der Waals surface area contributed by atoms with Crippen molar-refractivity contribution in [1.29, 1.82) is 0 Å². The number of benzene rings is 1. The highest BCUT2D eigenvalue weighted by atomic mass is 19.2. The van der Waals surface area contributed by atoms with Crippen LogP contribution in [0.2, 0.25) is 0 Å². The van der Waals surface area contributed by atoms with E-state index in [0.29, 0.717) is 0 Å². The Hall–Kier alpha value is -2.31. The summed E-state index contributed by atoms with van der Waals surface area (Å²) in [4.78, 5) is 7.55. The van der Waals surface area contributed by atoms with E-state index in [2.05, 4.69) is 15.3 Å². The minimum Gasteiger partial charge on any atom is -0.382 e. The van der Waals surface area contributed by atoms with Crippen LogP contribution in [0.15, 0.2) is 24.5 Å². The molecule has 1 aromatic heterocycles. The number of anilines is 3. The molecular weight excluding hydrogens is 233 g/mol. The number of nitrogens with one attached hydrogen (secondary N) is 1. The molecular formula is C10H7F3N4. The molecule has 0 spiro atoms. The molecule has 0 radical (unpaired) electrons. The lowest BCUT2D eigenvalue weighted by molar-refractivity contribution is 0.448. The van der Waals surface area contributed by atoms with Gasteiger partial charge in [0.05, 0.1) is 12.4 Å². The molecule has 0 unspecified atom stereocenters. The number of hydrogen-bond acceptors (Lipinski definition) is 4. The third-order valence-corrected chi connectivity index (χ3v) is 1.91. The van der Waals surface area contributed by atoms with Crippen molar-refractivity contribution in [1.82, 2.24) is 9.97 Å². The molecule has 3 N–H and O–H groups in total. The van der Waals surface area contributed by atoms with E-state index >= 15 is 0 Å². The largest absolute Gasteiger partial charge is 0.382 e. The van der Waals surface area contributed by atoms with Crippen LogP contribution in [0.5, 0.6) is 0 Å². The standard InChI is InChI=1S/C10H7F3N4/c11-6-1-5(2-7(12)10(6)13)16-9-4-15-3-8(14)17-9/h1-4H,(H3,14,16,17). The zero-order chi connectivity index (χ0) is 12.4. The van der Waals surface area contributed by atoms with Gasteiger partial charge in [-0.1, -0.05) is 0 Å². The fourth-order valence-corrected chi connectivity index (χ4v) is 1.22. The van der Waals surface area contributed by atoms with Crippen LogP contribution >= 0.6 is 0 Å². The molecule has 1 aromatic carbocycles. The first kappa shape index (κ1) is 11.2. The van der Waals surface area contributed by atoms with Crippen LogP contribution in [0.25, 0.3) is 0 Å². The van der Waals surface area contributed by atoms with E-state index in [9.17, 15) is 13.2 Å². The molecule has 2 aromatic rings. The van der Waals surface area contributed by atoms with E-state index in [1.54, 1.807) is 0 Å². The highest BCUT2D eigenvalue weighted by molar-refractivity contribution is 5.56. The van der Waals surface area contributed by atoms with Crippen LogP contribution in [0.4, 0.5) is 30.5 Å². The molecule has 0 aliphatic heterocycles. The van der Waals surface area contributed by atoms with Gasteiger partial charge in [0.15, 0.2) is 23.3 Å². The topological polar surface area (TPSA) is 63.8 Å². The molecule has 0 atom stereocenters. The molecule has 4 nitrogen and oxygen atoms in total. The smallest absolute Gasteiger partial charge is 0.194 e. The predicted octanol–water partition coefficient (Wildman–Crippen LogP) is 2.22. The molecule has 0 amide bonds. The molecule has 0 saturated heterocycles. The minimum absolute atomic E-state index is 0.0151. The van der Waals surface area contributed by atoms with E-state index in [1.165, 1.54) is 12.4 Å². The van der Waals surface area contributed by atoms with Gasteiger partial charge in [-0.2, -0.15) is 0 Å². The minimum atomic E-state index is -1.52. The summed E-state index contributed by atoms with van der Waals surface area (Å²) >= 11 is 0. The fraction of sp³-hybridized carbons (Fsp3) is 0. The Labute approximate surface area is 94.3 Å². The Morgan fingerprint density at radius 2 is 1.71 bits per heavy atom. The zero-order valence-corrected chi connectivity index (χ0v) is 8.42. The van der Waals surface area contributed by atoms with Crippen molar-refractivity contribution in [3.05, 3.63) is 42.0 Å². The second-order valence-electron chi connectivity index (χ2n) is 3.21. The highest BCUT2D eigenvalue weighted by Crippen LogP contribution is 2.20. The molecule has 7 heteroatoms. The summed E-state index contributed by atoms with van der Waals surface area (Å²) in [6, 6.07) is 1.62. The number of halogens is 3. The maximum atomic E-state index is 12.9. The number of hydrogen-bond donors (Lipinski definition) is 2. The lowest BCUT2D eigenvalue weighted by Gasteiger charge is -2.06. The van der Waals surface area contributed by atoms with Crippen molar-refractivity contribution < 1.29 is 13.2 Å². The van der Waals surface area contributed by atoms with E-state index in [1.807, 2.05) is 0 Å². The third-order valence-electron chi connectivity index (χ3n) is 1.91. The van der Waals surface area contributed by atoms with Crippen LogP contribution < -0.4 is 11.1 Å². The number of nitrogens with zero attached hydrogens (tertiary/aromatic N) is 2. The van der Waals surface area contributed by atoms with Gasteiger partial charge < -0.3 is 11.1 Å². The average Bonchev–Trinajstić information content (AvgIpc) is 2.26. The highest BCUT2D eigenvalue weighted by Gasteiger charge is 2.10. The molecule has 0 aliphatic rings. The van der Waals surface area contributed by atoms with Crippen LogP contribution in [-0.2, 0) is 0 Å². The summed E-state index contributed by atoms with van der Waals surface area (Å²) < 4.78 is 38.5. The van der Waals surface area contributed by atoms with Crippen molar-refractivity contribution in [2.45, 2.75) is 0 Å². The SMILES string of the molecule is Nc1cncc(Nc2cc(F)c(F)c(F)c2)n1. The second kappa shape index (κ2) is 4.28. The number of aromatic nitrogens is 2. The summed E-state index contributed by atoms with van der Waals surface area (Å²) in [7, 11) is 0. The number of nitrogens with two attached hydrogens (primary N) is 1. The first-order chi connectivity index (χ1) is 8.06. The van der Waals surface area contributed by atoms with Gasteiger partial charge in [0, 0.05) is 17.8 Å². The predicted molar refractivity (Wildman–Crippen MR) is 56.0 cm³/mol. The van der Waals surface area contributed by atoms with Gasteiger partial charge in [0.25, 0.3) is 0 Å². The Kier molecular flexibility index (Phi) is 2.82. The lowest BCUT2D eigenvalue weighted by Crippen LogP contribution is -2.00. The summed E-state index contributed by atoms with van der Waals surface area (Å²) in [6.45, 7) is 0. The number of nitrogen functional groups attached to an aromatic ring is 1. The maximum Gasteiger partial charge on any atom is 0.194 e. The van der Waals surface area contributed by atoms with Gasteiger partial charge in [-0.3, -0.25) is 4.98 Å². The van der Waals surface area contributed by atoms with Crippen LogP contribution in [-0.4, -0.2) is 9.97 Å². The van der Waals surface area contributed by atoms with E-state index in [0.717, 1.165) is 12.1 Å². The maximum absolute atomic E-state index is 12.9. The fourth-order valence-electron chi connectivity index (χ4n) is 1.22. The summed E-state index contributed by atoms with van der Waals surface area (Å²) in [6.07, 6.45) is 2.63. The van der Waals surface area contributed by atoms with E-state index < -0.39 is 17.5 Å². The van der Waals surface area contributed by atoms with Crippen molar-refractivity contribution >= 4 is 17.3 Å². The summed E-state index contributed by atoms with van der Waals surface area (Å²) in [5.74, 6) is -3.74. The molecule has 2 rings (SSSR count). The first-order valence-electron chi connectivity index (χ1n) is 4.55. The van der Waals surface area contributed by atoms with Crippen LogP contribution in [0, 0.1) is 17.5 Å². The molecule has 0 aliphatic carbocycles. The van der Waals surface area contributed by atoms with Gasteiger partial charge in [-0.05, 0) is 0 Å². The molecule has 0 saturated carbocycles. The van der Waals surface area contributed by atoms with Gasteiger partial charge in [0.2, 0.25) is 0 Å².